The Balaban J connectivity index is 3.03. The van der Waals surface area contributed by atoms with E-state index in [0.717, 1.165) is 30.0 Å². The van der Waals surface area contributed by atoms with Gasteiger partial charge in [0, 0.05) is 36.8 Å². The molecule has 3 N–H and O–H groups in total. The molecule has 0 fully saturated rings. The Morgan fingerprint density at radius 3 is 2.50 bits per heavy atom. The van der Waals surface area contributed by atoms with Gasteiger partial charge in [-0.15, -0.1) is 0 Å². The van der Waals surface area contributed by atoms with E-state index < -0.39 is 11.0 Å². The molecule has 1 aromatic rings. The largest absolute Gasteiger partial charge is 0.398 e. The molecular formula is C13H23N3OS. The molecule has 5 heteroatoms. The molecule has 0 heterocycles. The van der Waals surface area contributed by atoms with E-state index in [0.29, 0.717) is 0 Å². The van der Waals surface area contributed by atoms with Crippen LogP contribution in [-0.4, -0.2) is 23.6 Å². The second-order valence-electron chi connectivity index (χ2n) is 4.28. The molecule has 0 saturated carbocycles. The van der Waals surface area contributed by atoms with Crippen LogP contribution >= 0.6 is 0 Å². The van der Waals surface area contributed by atoms with Gasteiger partial charge in [-0.2, -0.15) is 0 Å². The average Bonchev–Trinajstić information content (AvgIpc) is 2.31. The van der Waals surface area contributed by atoms with Crippen molar-refractivity contribution >= 4 is 22.4 Å². The van der Waals surface area contributed by atoms with E-state index in [9.17, 15) is 4.21 Å². The molecule has 102 valence electrons. The Morgan fingerprint density at radius 2 is 2.00 bits per heavy atom. The smallest absolute Gasteiger partial charge is 0.0889 e. The molecule has 1 rings (SSSR count). The summed E-state index contributed by atoms with van der Waals surface area (Å²) in [5.41, 5.74) is 8.87. The Morgan fingerprint density at radius 1 is 1.39 bits per heavy atom. The minimum absolute atomic E-state index is 0.0219. The quantitative estimate of drug-likeness (QED) is 0.777. The summed E-state index contributed by atoms with van der Waals surface area (Å²) in [6.45, 7) is 8.15. The highest BCUT2D eigenvalue weighted by Crippen LogP contribution is 2.26. The molecule has 2 atom stereocenters. The minimum atomic E-state index is -1.04. The minimum Gasteiger partial charge on any atom is -0.398 e. The van der Waals surface area contributed by atoms with Crippen molar-refractivity contribution in [3.63, 3.8) is 0 Å². The van der Waals surface area contributed by atoms with Crippen LogP contribution in [-0.2, 0) is 11.0 Å². The maximum atomic E-state index is 11.2. The van der Waals surface area contributed by atoms with Crippen molar-refractivity contribution in [3.8, 4) is 0 Å². The van der Waals surface area contributed by atoms with E-state index in [1.165, 1.54) is 0 Å². The normalized spacial score (nSPS) is 14.2. The van der Waals surface area contributed by atoms with Gasteiger partial charge in [-0.3, -0.25) is 0 Å². The monoisotopic (exact) mass is 269 g/mol. The second-order valence-corrected chi connectivity index (χ2v) is 5.42. The molecule has 0 bridgehead atoms. The highest BCUT2D eigenvalue weighted by molar-refractivity contribution is 7.82. The van der Waals surface area contributed by atoms with Crippen molar-refractivity contribution in [3.05, 3.63) is 23.8 Å². The summed E-state index contributed by atoms with van der Waals surface area (Å²) in [4.78, 5) is 2.26. The zero-order valence-electron chi connectivity index (χ0n) is 11.6. The van der Waals surface area contributed by atoms with Crippen molar-refractivity contribution in [1.29, 1.82) is 0 Å². The molecule has 0 spiro atoms. The predicted octanol–water partition coefficient (Wildman–Crippen LogP) is 2.06. The van der Waals surface area contributed by atoms with E-state index in [1.54, 1.807) is 6.26 Å². The standard InChI is InChI=1S/C13H23N3OS/c1-5-16(6-2)11-7-8-13(14)12(9-11)10(3)15-18(4)17/h7-10,15H,5-6,14H2,1-4H3. The number of rotatable bonds is 6. The zero-order chi connectivity index (χ0) is 13.7. The third-order valence-electron chi connectivity index (χ3n) is 3.01. The second kappa shape index (κ2) is 6.75. The summed E-state index contributed by atoms with van der Waals surface area (Å²) >= 11 is 0. The maximum absolute atomic E-state index is 11.2. The van der Waals surface area contributed by atoms with E-state index >= 15 is 0 Å². The molecule has 0 aromatic heterocycles. The fraction of sp³-hybridized carbons (Fsp3) is 0.538. The number of benzene rings is 1. The lowest BCUT2D eigenvalue weighted by molar-refractivity contribution is 0.656. The molecule has 0 aliphatic carbocycles. The summed E-state index contributed by atoms with van der Waals surface area (Å²) in [7, 11) is -1.04. The average molecular weight is 269 g/mol. The number of nitrogen functional groups attached to an aromatic ring is 1. The summed E-state index contributed by atoms with van der Waals surface area (Å²) in [6, 6.07) is 6.00. The molecule has 0 radical (unpaired) electrons. The van der Waals surface area contributed by atoms with Crippen LogP contribution in [0.2, 0.25) is 0 Å². The van der Waals surface area contributed by atoms with Crippen LogP contribution in [0.5, 0.6) is 0 Å². The maximum Gasteiger partial charge on any atom is 0.0889 e. The number of anilines is 2. The first-order valence-corrected chi connectivity index (χ1v) is 7.79. The highest BCUT2D eigenvalue weighted by atomic mass is 32.2. The van der Waals surface area contributed by atoms with Crippen molar-refractivity contribution < 1.29 is 4.21 Å². The summed E-state index contributed by atoms with van der Waals surface area (Å²) in [5, 5.41) is 0. The van der Waals surface area contributed by atoms with Crippen molar-refractivity contribution in [1.82, 2.24) is 4.72 Å². The van der Waals surface area contributed by atoms with Gasteiger partial charge in [0.15, 0.2) is 0 Å². The van der Waals surface area contributed by atoms with Crippen molar-refractivity contribution in [2.75, 3.05) is 30.0 Å². The number of hydrogen-bond acceptors (Lipinski definition) is 3. The van der Waals surface area contributed by atoms with Gasteiger partial charge in [0.25, 0.3) is 0 Å². The van der Waals surface area contributed by atoms with Gasteiger partial charge in [-0.25, -0.2) is 8.93 Å². The van der Waals surface area contributed by atoms with Gasteiger partial charge in [-0.1, -0.05) is 0 Å². The summed E-state index contributed by atoms with van der Waals surface area (Å²) in [6.07, 6.45) is 1.63. The highest BCUT2D eigenvalue weighted by Gasteiger charge is 2.12. The lowest BCUT2D eigenvalue weighted by Crippen LogP contribution is -2.24. The predicted molar refractivity (Wildman–Crippen MR) is 80.0 cm³/mol. The number of hydrogen-bond donors (Lipinski definition) is 2. The van der Waals surface area contributed by atoms with Crippen LogP contribution in [0.25, 0.3) is 0 Å². The van der Waals surface area contributed by atoms with E-state index in [1.807, 2.05) is 19.1 Å². The molecule has 4 nitrogen and oxygen atoms in total. The topological polar surface area (TPSA) is 58.4 Å². The van der Waals surface area contributed by atoms with Crippen LogP contribution < -0.4 is 15.4 Å². The number of nitrogens with one attached hydrogen (secondary N) is 1. The van der Waals surface area contributed by atoms with Gasteiger partial charge >= 0.3 is 0 Å². The lowest BCUT2D eigenvalue weighted by atomic mass is 10.1. The molecule has 0 aliphatic heterocycles. The number of nitrogens with two attached hydrogens (primary N) is 1. The van der Waals surface area contributed by atoms with Gasteiger partial charge < -0.3 is 10.6 Å². The molecule has 2 unspecified atom stereocenters. The van der Waals surface area contributed by atoms with Crippen LogP contribution in [0.4, 0.5) is 11.4 Å². The van der Waals surface area contributed by atoms with Crippen LogP contribution in [0.1, 0.15) is 32.4 Å². The summed E-state index contributed by atoms with van der Waals surface area (Å²) < 4.78 is 14.2. The summed E-state index contributed by atoms with van der Waals surface area (Å²) in [5.74, 6) is 0. The third kappa shape index (κ3) is 3.71. The van der Waals surface area contributed by atoms with Crippen molar-refractivity contribution in [2.45, 2.75) is 26.8 Å². The lowest BCUT2D eigenvalue weighted by Gasteiger charge is -2.23. The van der Waals surface area contributed by atoms with Gasteiger partial charge in [0.1, 0.15) is 0 Å². The molecule has 0 saturated heterocycles. The number of nitrogens with zero attached hydrogens (tertiary/aromatic N) is 1. The Hall–Kier alpha value is -1.07. The molecule has 1 aromatic carbocycles. The first kappa shape index (κ1) is 15.0. The zero-order valence-corrected chi connectivity index (χ0v) is 12.4. The Labute approximate surface area is 112 Å². The van der Waals surface area contributed by atoms with Gasteiger partial charge in [-0.05, 0) is 44.5 Å². The first-order valence-electron chi connectivity index (χ1n) is 6.23. The van der Waals surface area contributed by atoms with Crippen molar-refractivity contribution in [2.24, 2.45) is 0 Å². The first-order chi connectivity index (χ1) is 8.49. The molecule has 18 heavy (non-hydrogen) atoms. The van der Waals surface area contributed by atoms with Crippen LogP contribution in [0.3, 0.4) is 0 Å². The SMILES string of the molecule is CCN(CC)c1ccc(N)c(C(C)NS(C)=O)c1. The van der Waals surface area contributed by atoms with E-state index in [2.05, 4.69) is 29.5 Å². The van der Waals surface area contributed by atoms with Gasteiger partial charge in [0.05, 0.1) is 11.0 Å². The Bertz CT molecular complexity index is 419. The van der Waals surface area contributed by atoms with Gasteiger partial charge in [0.2, 0.25) is 0 Å². The Kier molecular flexibility index (Phi) is 5.62. The fourth-order valence-electron chi connectivity index (χ4n) is 2.04. The molecule has 0 amide bonds. The molecular weight excluding hydrogens is 246 g/mol. The molecule has 0 aliphatic rings. The fourth-order valence-corrected chi connectivity index (χ4v) is 2.66. The van der Waals surface area contributed by atoms with E-state index in [-0.39, 0.29) is 6.04 Å². The van der Waals surface area contributed by atoms with Crippen LogP contribution in [0, 0.1) is 0 Å². The third-order valence-corrected chi connectivity index (χ3v) is 3.69. The van der Waals surface area contributed by atoms with Crippen LogP contribution in [0.15, 0.2) is 18.2 Å². The van der Waals surface area contributed by atoms with E-state index in [4.69, 9.17) is 5.73 Å².